The molecule has 0 aliphatic carbocycles. The van der Waals surface area contributed by atoms with Crippen molar-refractivity contribution in [2.45, 2.75) is 19.4 Å². The van der Waals surface area contributed by atoms with E-state index < -0.39 is 12.0 Å². The predicted octanol–water partition coefficient (Wildman–Crippen LogP) is 3.37. The van der Waals surface area contributed by atoms with Gasteiger partial charge in [-0.15, -0.1) is 0 Å². The van der Waals surface area contributed by atoms with Crippen molar-refractivity contribution in [1.29, 1.82) is 5.41 Å². The SMILES string of the molecule is Cc1nc(NC(=N)N)sc1-c1cccc(C(=O)NC(CC(=O)O)c2ccccc2)c1. The molecule has 0 bridgehead atoms. The molecule has 0 spiro atoms. The van der Waals surface area contributed by atoms with Crippen LogP contribution in [0.15, 0.2) is 54.6 Å². The third-order valence-corrected chi connectivity index (χ3v) is 5.43. The Bertz CT molecular complexity index is 1080. The molecule has 0 aliphatic heterocycles. The minimum absolute atomic E-state index is 0.200. The van der Waals surface area contributed by atoms with Crippen LogP contribution in [0.5, 0.6) is 0 Å². The number of aliphatic carboxylic acids is 1. The zero-order valence-corrected chi connectivity index (χ0v) is 17.0. The predicted molar refractivity (Wildman–Crippen MR) is 117 cm³/mol. The number of rotatable bonds is 7. The highest BCUT2D eigenvalue weighted by molar-refractivity contribution is 7.19. The largest absolute Gasteiger partial charge is 0.481 e. The number of aromatic nitrogens is 1. The number of nitrogens with two attached hydrogens (primary N) is 1. The van der Waals surface area contributed by atoms with Gasteiger partial charge in [-0.25, -0.2) is 4.98 Å². The average molecular weight is 423 g/mol. The van der Waals surface area contributed by atoms with Gasteiger partial charge in [-0.05, 0) is 30.2 Å². The fraction of sp³-hybridized carbons (Fsp3) is 0.143. The van der Waals surface area contributed by atoms with Crippen LogP contribution in [-0.2, 0) is 4.79 Å². The molecule has 6 N–H and O–H groups in total. The number of carboxylic acids is 1. The topological polar surface area (TPSA) is 141 Å². The van der Waals surface area contributed by atoms with Gasteiger partial charge < -0.3 is 21.5 Å². The van der Waals surface area contributed by atoms with E-state index >= 15 is 0 Å². The molecular formula is C21H21N5O3S. The van der Waals surface area contributed by atoms with E-state index in [0.29, 0.717) is 10.7 Å². The van der Waals surface area contributed by atoms with E-state index in [-0.39, 0.29) is 18.3 Å². The minimum Gasteiger partial charge on any atom is -0.481 e. The Kier molecular flexibility index (Phi) is 6.43. The number of hydrogen-bond donors (Lipinski definition) is 5. The normalized spacial score (nSPS) is 11.5. The summed E-state index contributed by atoms with van der Waals surface area (Å²) in [5.74, 6) is -1.56. The molecular weight excluding hydrogens is 402 g/mol. The number of hydrogen-bond acceptors (Lipinski definition) is 5. The summed E-state index contributed by atoms with van der Waals surface area (Å²) in [7, 11) is 0. The maximum absolute atomic E-state index is 12.9. The number of thiazole rings is 1. The summed E-state index contributed by atoms with van der Waals surface area (Å²) in [4.78, 5) is 29.3. The summed E-state index contributed by atoms with van der Waals surface area (Å²) >= 11 is 1.33. The van der Waals surface area contributed by atoms with Gasteiger partial charge in [0.25, 0.3) is 5.91 Å². The molecule has 0 aliphatic rings. The lowest BCUT2D eigenvalue weighted by Crippen LogP contribution is -2.30. The summed E-state index contributed by atoms with van der Waals surface area (Å²) in [6.07, 6.45) is -0.219. The molecule has 1 amide bonds. The molecule has 154 valence electrons. The second kappa shape index (κ2) is 9.19. The lowest BCUT2D eigenvalue weighted by Gasteiger charge is -2.17. The Morgan fingerprint density at radius 2 is 1.93 bits per heavy atom. The van der Waals surface area contributed by atoms with Gasteiger partial charge in [0.1, 0.15) is 0 Å². The second-order valence-electron chi connectivity index (χ2n) is 6.59. The van der Waals surface area contributed by atoms with Gasteiger partial charge in [0.15, 0.2) is 11.1 Å². The van der Waals surface area contributed by atoms with E-state index in [2.05, 4.69) is 15.6 Å². The van der Waals surface area contributed by atoms with Crippen molar-refractivity contribution in [1.82, 2.24) is 10.3 Å². The van der Waals surface area contributed by atoms with Crippen molar-refractivity contribution < 1.29 is 14.7 Å². The van der Waals surface area contributed by atoms with Gasteiger partial charge >= 0.3 is 5.97 Å². The number of guanidine groups is 1. The highest BCUT2D eigenvalue weighted by Gasteiger charge is 2.19. The molecule has 2 aromatic carbocycles. The summed E-state index contributed by atoms with van der Waals surface area (Å²) in [5, 5.41) is 22.5. The van der Waals surface area contributed by atoms with Gasteiger partial charge in [0.2, 0.25) is 0 Å². The number of benzene rings is 2. The van der Waals surface area contributed by atoms with Crippen molar-refractivity contribution in [3.63, 3.8) is 0 Å². The number of nitrogens with one attached hydrogen (secondary N) is 3. The first kappa shape index (κ1) is 21.0. The Balaban J connectivity index is 1.84. The average Bonchev–Trinajstić information content (AvgIpc) is 3.07. The zero-order chi connectivity index (χ0) is 21.7. The van der Waals surface area contributed by atoms with E-state index in [1.54, 1.807) is 42.5 Å². The molecule has 9 heteroatoms. The van der Waals surface area contributed by atoms with Crippen molar-refractivity contribution in [2.24, 2.45) is 5.73 Å². The second-order valence-corrected chi connectivity index (χ2v) is 7.59. The molecule has 0 saturated carbocycles. The summed E-state index contributed by atoms with van der Waals surface area (Å²) in [6.45, 7) is 1.84. The Labute approximate surface area is 177 Å². The summed E-state index contributed by atoms with van der Waals surface area (Å²) < 4.78 is 0. The van der Waals surface area contributed by atoms with Crippen LogP contribution in [0.1, 0.15) is 34.1 Å². The molecule has 8 nitrogen and oxygen atoms in total. The monoisotopic (exact) mass is 423 g/mol. The maximum atomic E-state index is 12.9. The Morgan fingerprint density at radius 3 is 2.60 bits per heavy atom. The molecule has 0 radical (unpaired) electrons. The van der Waals surface area contributed by atoms with Crippen LogP contribution in [-0.4, -0.2) is 27.9 Å². The summed E-state index contributed by atoms with van der Waals surface area (Å²) in [5.41, 5.74) is 8.03. The number of amides is 1. The first-order valence-electron chi connectivity index (χ1n) is 9.10. The number of nitrogens with zero attached hydrogens (tertiary/aromatic N) is 1. The lowest BCUT2D eigenvalue weighted by molar-refractivity contribution is -0.137. The first-order valence-corrected chi connectivity index (χ1v) is 9.91. The zero-order valence-electron chi connectivity index (χ0n) is 16.2. The quantitative estimate of drug-likeness (QED) is 0.291. The molecule has 0 saturated heterocycles. The Morgan fingerprint density at radius 1 is 1.20 bits per heavy atom. The van der Waals surface area contributed by atoms with Crippen LogP contribution in [0.4, 0.5) is 5.13 Å². The fourth-order valence-corrected chi connectivity index (χ4v) is 3.96. The van der Waals surface area contributed by atoms with Gasteiger partial charge in [0, 0.05) is 5.56 Å². The van der Waals surface area contributed by atoms with E-state index in [1.165, 1.54) is 11.3 Å². The molecule has 30 heavy (non-hydrogen) atoms. The smallest absolute Gasteiger partial charge is 0.305 e. The minimum atomic E-state index is -0.997. The standard InChI is InChI=1S/C21H21N5O3S/c1-12-18(30-21(24-12)26-20(22)23)14-8-5-9-15(10-14)19(29)25-16(11-17(27)28)13-6-3-2-4-7-13/h2-10,16H,11H2,1H3,(H,25,29)(H,27,28)(H4,22,23,24,26). The van der Waals surface area contributed by atoms with E-state index in [4.69, 9.17) is 11.1 Å². The van der Waals surface area contributed by atoms with Gasteiger partial charge in [0.05, 0.1) is 23.0 Å². The highest BCUT2D eigenvalue weighted by atomic mass is 32.1. The van der Waals surface area contributed by atoms with Crippen LogP contribution < -0.4 is 16.4 Å². The number of carbonyl (C=O) groups excluding carboxylic acids is 1. The van der Waals surface area contributed by atoms with E-state index in [1.807, 2.05) is 19.1 Å². The van der Waals surface area contributed by atoms with Crippen LogP contribution >= 0.6 is 11.3 Å². The van der Waals surface area contributed by atoms with Gasteiger partial charge in [-0.2, -0.15) is 0 Å². The molecule has 1 aromatic heterocycles. The van der Waals surface area contributed by atoms with Crippen molar-refractivity contribution >= 4 is 34.3 Å². The third kappa shape index (κ3) is 5.21. The maximum Gasteiger partial charge on any atom is 0.305 e. The molecule has 0 fully saturated rings. The van der Waals surface area contributed by atoms with Crippen LogP contribution in [0.2, 0.25) is 0 Å². The van der Waals surface area contributed by atoms with Crippen LogP contribution in [0.25, 0.3) is 10.4 Å². The Hall–Kier alpha value is -3.72. The van der Waals surface area contributed by atoms with Crippen LogP contribution in [0, 0.1) is 12.3 Å². The van der Waals surface area contributed by atoms with Gasteiger partial charge in [-0.3, -0.25) is 15.0 Å². The van der Waals surface area contributed by atoms with Gasteiger partial charge in [-0.1, -0.05) is 53.8 Å². The molecule has 3 rings (SSSR count). The number of anilines is 1. The van der Waals surface area contributed by atoms with Crippen molar-refractivity contribution in [3.8, 4) is 10.4 Å². The molecule has 1 atom stereocenters. The number of aryl methyl sites for hydroxylation is 1. The molecule has 3 aromatic rings. The van der Waals surface area contributed by atoms with Crippen molar-refractivity contribution in [2.75, 3.05) is 5.32 Å². The van der Waals surface area contributed by atoms with Crippen molar-refractivity contribution in [3.05, 3.63) is 71.4 Å². The highest BCUT2D eigenvalue weighted by Crippen LogP contribution is 2.33. The van der Waals surface area contributed by atoms with E-state index in [0.717, 1.165) is 21.7 Å². The summed E-state index contributed by atoms with van der Waals surface area (Å²) in [6, 6.07) is 15.4. The molecule has 1 heterocycles. The van der Waals surface area contributed by atoms with Crippen LogP contribution in [0.3, 0.4) is 0 Å². The number of carbonyl (C=O) groups is 2. The third-order valence-electron chi connectivity index (χ3n) is 4.31. The molecule has 1 unspecified atom stereocenters. The lowest BCUT2D eigenvalue weighted by atomic mass is 10.0. The first-order chi connectivity index (χ1) is 14.3. The van der Waals surface area contributed by atoms with E-state index in [9.17, 15) is 14.7 Å². The fourth-order valence-electron chi connectivity index (χ4n) is 2.99. The number of carboxylic acid groups (broad SMARTS) is 1.